The van der Waals surface area contributed by atoms with E-state index in [0.29, 0.717) is 55.6 Å². The van der Waals surface area contributed by atoms with E-state index in [2.05, 4.69) is 13.5 Å². The van der Waals surface area contributed by atoms with Crippen molar-refractivity contribution in [2.24, 2.45) is 5.92 Å². The molecule has 4 rings (SSSR count). The number of hydrogen-bond acceptors (Lipinski definition) is 3. The molecule has 206 valence electrons. The summed E-state index contributed by atoms with van der Waals surface area (Å²) in [6, 6.07) is 5.82. The molecule has 0 radical (unpaired) electrons. The van der Waals surface area contributed by atoms with Crippen molar-refractivity contribution in [3.8, 4) is 5.75 Å². The highest BCUT2D eigenvalue weighted by molar-refractivity contribution is 5.90. The fourth-order valence-electron chi connectivity index (χ4n) is 5.70. The lowest BCUT2D eigenvalue weighted by molar-refractivity contribution is 0.0188. The molecule has 0 aliphatic heterocycles. The number of rotatable bonds is 9. The summed E-state index contributed by atoms with van der Waals surface area (Å²) >= 11 is 0. The van der Waals surface area contributed by atoms with Gasteiger partial charge in [0.25, 0.3) is 0 Å². The van der Waals surface area contributed by atoms with Gasteiger partial charge in [-0.1, -0.05) is 38.0 Å². The molecule has 3 nitrogen and oxygen atoms in total. The standard InChI is InChI=1S/C31H36F4O3/c1-3-4-5-18-37-26-17-16-25(29(34)30(26)35)31(36)38-22-12-10-21(11-13-22)24-15-14-23(27(32)28(24)33)20-8-6-19(2)7-9-20/h3,14-17,19-22H,1,4-13,18H2,2H3. The van der Waals surface area contributed by atoms with Crippen molar-refractivity contribution in [3.63, 3.8) is 0 Å². The van der Waals surface area contributed by atoms with Gasteiger partial charge in [0.1, 0.15) is 6.10 Å². The second-order valence-corrected chi connectivity index (χ2v) is 10.7. The molecule has 38 heavy (non-hydrogen) atoms. The lowest BCUT2D eigenvalue weighted by atomic mass is 9.77. The second kappa shape index (κ2) is 12.8. The molecule has 0 amide bonds. The average Bonchev–Trinajstić information content (AvgIpc) is 2.91. The lowest BCUT2D eigenvalue weighted by Crippen LogP contribution is -2.25. The van der Waals surface area contributed by atoms with E-state index in [9.17, 15) is 13.6 Å². The highest BCUT2D eigenvalue weighted by atomic mass is 19.2. The zero-order valence-corrected chi connectivity index (χ0v) is 21.9. The molecule has 0 N–H and O–H groups in total. The molecule has 2 aromatic rings. The van der Waals surface area contributed by atoms with Crippen LogP contribution in [0.5, 0.6) is 5.75 Å². The van der Waals surface area contributed by atoms with Gasteiger partial charge >= 0.3 is 5.97 Å². The highest BCUT2D eigenvalue weighted by Crippen LogP contribution is 2.41. The predicted molar refractivity (Wildman–Crippen MR) is 138 cm³/mol. The Morgan fingerprint density at radius 2 is 1.42 bits per heavy atom. The van der Waals surface area contributed by atoms with Crippen molar-refractivity contribution < 1.29 is 31.8 Å². The third-order valence-corrected chi connectivity index (χ3v) is 8.06. The molecule has 2 aliphatic rings. The Bertz CT molecular complexity index is 1130. The molecule has 0 aromatic heterocycles. The molecule has 0 saturated heterocycles. The molecule has 0 atom stereocenters. The molecule has 0 bridgehead atoms. The third kappa shape index (κ3) is 6.41. The summed E-state index contributed by atoms with van der Waals surface area (Å²) in [5, 5.41) is 0. The van der Waals surface area contributed by atoms with E-state index in [1.54, 1.807) is 18.2 Å². The van der Waals surface area contributed by atoms with Gasteiger partial charge in [0.2, 0.25) is 5.82 Å². The van der Waals surface area contributed by atoms with Crippen molar-refractivity contribution in [1.82, 2.24) is 0 Å². The van der Waals surface area contributed by atoms with Gasteiger partial charge in [-0.25, -0.2) is 18.0 Å². The van der Waals surface area contributed by atoms with Gasteiger partial charge in [-0.2, -0.15) is 4.39 Å². The zero-order valence-electron chi connectivity index (χ0n) is 21.9. The Kier molecular flexibility index (Phi) is 9.50. The van der Waals surface area contributed by atoms with E-state index in [-0.39, 0.29) is 24.2 Å². The summed E-state index contributed by atoms with van der Waals surface area (Å²) < 4.78 is 69.7. The first-order valence-electron chi connectivity index (χ1n) is 13.7. The van der Waals surface area contributed by atoms with Crippen molar-refractivity contribution in [2.75, 3.05) is 6.61 Å². The number of carbonyl (C=O) groups excluding carboxylic acids is 1. The van der Waals surface area contributed by atoms with Crippen LogP contribution in [0.4, 0.5) is 17.6 Å². The lowest BCUT2D eigenvalue weighted by Gasteiger charge is -2.30. The van der Waals surface area contributed by atoms with Gasteiger partial charge in [0.05, 0.1) is 12.2 Å². The molecule has 0 spiro atoms. The number of halogens is 4. The summed E-state index contributed by atoms with van der Waals surface area (Å²) in [5.74, 6) is -4.76. The van der Waals surface area contributed by atoms with Gasteiger partial charge < -0.3 is 9.47 Å². The molecule has 2 aromatic carbocycles. The Hall–Kier alpha value is -2.83. The molecular formula is C31H36F4O3. The quantitative estimate of drug-likeness (QED) is 0.140. The van der Waals surface area contributed by atoms with Gasteiger partial charge in [-0.15, -0.1) is 6.58 Å². The number of ether oxygens (including phenoxy) is 2. The van der Waals surface area contributed by atoms with E-state index >= 15 is 8.78 Å². The van der Waals surface area contributed by atoms with Crippen molar-refractivity contribution >= 4 is 5.97 Å². The van der Waals surface area contributed by atoms with Crippen LogP contribution < -0.4 is 4.74 Å². The number of hydrogen-bond donors (Lipinski definition) is 0. The maximum absolute atomic E-state index is 15.1. The van der Waals surface area contributed by atoms with Crippen LogP contribution in [0.15, 0.2) is 36.9 Å². The Morgan fingerprint density at radius 3 is 2.00 bits per heavy atom. The van der Waals surface area contributed by atoms with Crippen LogP contribution >= 0.6 is 0 Å². The normalized spacial score (nSPS) is 23.6. The van der Waals surface area contributed by atoms with Crippen LogP contribution in [-0.4, -0.2) is 18.7 Å². The van der Waals surface area contributed by atoms with Crippen LogP contribution in [0.3, 0.4) is 0 Å². The van der Waals surface area contributed by atoms with E-state index in [1.807, 2.05) is 0 Å². The summed E-state index contributed by atoms with van der Waals surface area (Å²) in [7, 11) is 0. The first-order chi connectivity index (χ1) is 18.3. The van der Waals surface area contributed by atoms with Crippen molar-refractivity contribution in [2.45, 2.75) is 89.1 Å². The van der Waals surface area contributed by atoms with Crippen molar-refractivity contribution in [1.29, 1.82) is 0 Å². The minimum absolute atomic E-state index is 0.0630. The smallest absolute Gasteiger partial charge is 0.341 e. The van der Waals surface area contributed by atoms with Crippen LogP contribution in [0, 0.1) is 29.2 Å². The fraction of sp³-hybridized carbons (Fsp3) is 0.516. The highest BCUT2D eigenvalue weighted by Gasteiger charge is 2.31. The number of carbonyl (C=O) groups is 1. The molecule has 7 heteroatoms. The second-order valence-electron chi connectivity index (χ2n) is 10.7. The first kappa shape index (κ1) is 28.2. The van der Waals surface area contributed by atoms with E-state index in [4.69, 9.17) is 9.47 Å². The largest absolute Gasteiger partial charge is 0.490 e. The number of allylic oxidation sites excluding steroid dienone is 1. The SMILES string of the molecule is C=CCCCOc1ccc(C(=O)OC2CCC(c3ccc(C4CCC(C)CC4)c(F)c3F)CC2)c(F)c1F. The van der Waals surface area contributed by atoms with Crippen molar-refractivity contribution in [3.05, 3.63) is 76.9 Å². The molecule has 2 saturated carbocycles. The summed E-state index contributed by atoms with van der Waals surface area (Å²) in [6.07, 6.45) is 8.16. The third-order valence-electron chi connectivity index (χ3n) is 8.06. The Labute approximate surface area is 222 Å². The summed E-state index contributed by atoms with van der Waals surface area (Å²) in [5.41, 5.74) is 0.337. The fourth-order valence-corrected chi connectivity index (χ4v) is 5.70. The minimum atomic E-state index is -1.31. The topological polar surface area (TPSA) is 35.5 Å². The van der Waals surface area contributed by atoms with E-state index in [1.165, 1.54) is 6.07 Å². The summed E-state index contributed by atoms with van der Waals surface area (Å²) in [6.45, 7) is 5.98. The van der Waals surface area contributed by atoms with Gasteiger partial charge in [-0.05, 0) is 92.4 Å². The first-order valence-corrected chi connectivity index (χ1v) is 13.7. The van der Waals surface area contributed by atoms with Crippen LogP contribution in [0.2, 0.25) is 0 Å². The Morgan fingerprint density at radius 1 is 0.842 bits per heavy atom. The molecule has 0 unspecified atom stereocenters. The van der Waals surface area contributed by atoms with Gasteiger partial charge in [0.15, 0.2) is 23.2 Å². The van der Waals surface area contributed by atoms with Crippen LogP contribution in [0.1, 0.15) is 104 Å². The van der Waals surface area contributed by atoms with Gasteiger partial charge in [-0.3, -0.25) is 0 Å². The monoisotopic (exact) mass is 532 g/mol. The Balaban J connectivity index is 1.33. The average molecular weight is 533 g/mol. The number of benzene rings is 2. The van der Waals surface area contributed by atoms with Crippen LogP contribution in [-0.2, 0) is 4.74 Å². The predicted octanol–water partition coefficient (Wildman–Crippen LogP) is 8.76. The molecular weight excluding hydrogens is 496 g/mol. The van der Waals surface area contributed by atoms with E-state index < -0.39 is 40.9 Å². The van der Waals surface area contributed by atoms with Crippen LogP contribution in [0.25, 0.3) is 0 Å². The maximum Gasteiger partial charge on any atom is 0.341 e. The minimum Gasteiger partial charge on any atom is -0.490 e. The number of esters is 1. The summed E-state index contributed by atoms with van der Waals surface area (Å²) in [4.78, 5) is 12.6. The molecule has 0 heterocycles. The van der Waals surface area contributed by atoms with Gasteiger partial charge in [0, 0.05) is 0 Å². The van der Waals surface area contributed by atoms with E-state index in [0.717, 1.165) is 31.7 Å². The maximum atomic E-state index is 15.1. The molecule has 2 aliphatic carbocycles. The molecule has 2 fully saturated rings. The zero-order chi connectivity index (χ0) is 27.2. The number of unbranched alkanes of at least 4 members (excludes halogenated alkanes) is 1.